The minimum Gasteiger partial charge on any atom is -0.462 e. The van der Waals surface area contributed by atoms with Gasteiger partial charge in [-0.05, 0) is 45.4 Å². The van der Waals surface area contributed by atoms with Gasteiger partial charge in [0, 0.05) is 4.88 Å². The van der Waals surface area contributed by atoms with Crippen LogP contribution in [0.1, 0.15) is 55.6 Å². The van der Waals surface area contributed by atoms with Crippen molar-refractivity contribution in [3.63, 3.8) is 0 Å². The van der Waals surface area contributed by atoms with Crippen LogP contribution in [-0.2, 0) is 9.47 Å². The van der Waals surface area contributed by atoms with E-state index in [-0.39, 0.29) is 18.0 Å². The Morgan fingerprint density at radius 3 is 2.59 bits per heavy atom. The summed E-state index contributed by atoms with van der Waals surface area (Å²) in [6.07, 6.45) is -0.745. The average molecular weight is 406 g/mol. The maximum absolute atomic E-state index is 12.5. The number of nitrogens with zero attached hydrogens (tertiary/aromatic N) is 1. The van der Waals surface area contributed by atoms with Crippen molar-refractivity contribution in [2.45, 2.75) is 33.8 Å². The highest BCUT2D eigenvalue weighted by Gasteiger charge is 2.23. The van der Waals surface area contributed by atoms with E-state index in [4.69, 9.17) is 9.47 Å². The summed E-state index contributed by atoms with van der Waals surface area (Å²) in [6.45, 7) is 7.18. The molecule has 1 N–H and O–H groups in total. The molecule has 1 atom stereocenters. The normalized spacial score (nSPS) is 12.1. The third-order valence-electron chi connectivity index (χ3n) is 3.89. The summed E-state index contributed by atoms with van der Waals surface area (Å²) in [6, 6.07) is 3.53. The fourth-order valence-corrected chi connectivity index (χ4v) is 4.40. The molecule has 3 rings (SSSR count). The predicted molar refractivity (Wildman–Crippen MR) is 104 cm³/mol. The molecule has 0 unspecified atom stereocenters. The molecule has 0 saturated carbocycles. The molecule has 0 aliphatic carbocycles. The summed E-state index contributed by atoms with van der Waals surface area (Å²) in [5.41, 5.74) is 0.154. The van der Waals surface area contributed by atoms with Gasteiger partial charge in [0.2, 0.25) is 0 Å². The van der Waals surface area contributed by atoms with E-state index in [0.29, 0.717) is 25.5 Å². The van der Waals surface area contributed by atoms with Crippen LogP contribution in [0.15, 0.2) is 16.9 Å². The largest absolute Gasteiger partial charge is 0.462 e. The van der Waals surface area contributed by atoms with E-state index in [1.807, 2.05) is 13.0 Å². The topological polar surface area (TPSA) is 98.3 Å². The number of nitrogens with one attached hydrogen (secondary N) is 1. The van der Waals surface area contributed by atoms with Crippen molar-refractivity contribution in [2.24, 2.45) is 0 Å². The Labute approximate surface area is 163 Å². The van der Waals surface area contributed by atoms with Crippen molar-refractivity contribution in [1.82, 2.24) is 9.97 Å². The predicted octanol–water partition coefficient (Wildman–Crippen LogP) is 3.76. The van der Waals surface area contributed by atoms with E-state index in [1.54, 1.807) is 26.8 Å². The van der Waals surface area contributed by atoms with Gasteiger partial charge >= 0.3 is 11.9 Å². The Balaban J connectivity index is 1.92. The molecular weight excluding hydrogens is 388 g/mol. The minimum atomic E-state index is -0.745. The molecule has 0 radical (unpaired) electrons. The molecule has 0 aromatic carbocycles. The third-order valence-corrected chi connectivity index (χ3v) is 6.04. The summed E-state index contributed by atoms with van der Waals surface area (Å²) in [5.74, 6) is -0.727. The molecule has 9 heteroatoms. The first-order chi connectivity index (χ1) is 12.8. The zero-order chi connectivity index (χ0) is 19.7. The van der Waals surface area contributed by atoms with Gasteiger partial charge in [-0.2, -0.15) is 0 Å². The number of ether oxygens (including phenoxy) is 2. The van der Waals surface area contributed by atoms with Crippen molar-refractivity contribution in [3.8, 4) is 0 Å². The zero-order valence-electron chi connectivity index (χ0n) is 15.2. The van der Waals surface area contributed by atoms with Gasteiger partial charge in [0.25, 0.3) is 5.56 Å². The van der Waals surface area contributed by atoms with Crippen molar-refractivity contribution in [1.29, 1.82) is 0 Å². The second-order valence-electron chi connectivity index (χ2n) is 5.87. The molecule has 0 saturated heterocycles. The number of carbonyl (C=O) groups is 2. The second-order valence-corrected chi connectivity index (χ2v) is 8.15. The lowest BCUT2D eigenvalue weighted by atomic mass is 10.2. The van der Waals surface area contributed by atoms with Crippen LogP contribution in [0.4, 0.5) is 0 Å². The molecular formula is C18H18N2O5S2. The number of esters is 2. The van der Waals surface area contributed by atoms with E-state index >= 15 is 0 Å². The smallest absolute Gasteiger partial charge is 0.349 e. The first kappa shape index (κ1) is 19.2. The Bertz CT molecular complexity index is 1080. The molecule has 3 aromatic heterocycles. The molecule has 3 heterocycles. The van der Waals surface area contributed by atoms with E-state index < -0.39 is 18.0 Å². The molecule has 0 amide bonds. The van der Waals surface area contributed by atoms with Crippen LogP contribution >= 0.6 is 22.7 Å². The number of hydrogen-bond acceptors (Lipinski definition) is 8. The van der Waals surface area contributed by atoms with E-state index in [1.165, 1.54) is 11.3 Å². The molecule has 0 aliphatic heterocycles. The summed E-state index contributed by atoms with van der Waals surface area (Å²) in [5, 5.41) is 0.346. The molecule has 0 bridgehead atoms. The molecule has 7 nitrogen and oxygen atoms in total. The van der Waals surface area contributed by atoms with Crippen LogP contribution in [0.2, 0.25) is 0 Å². The molecule has 0 spiro atoms. The van der Waals surface area contributed by atoms with Gasteiger partial charge < -0.3 is 14.5 Å². The summed E-state index contributed by atoms with van der Waals surface area (Å²) in [7, 11) is 0. The van der Waals surface area contributed by atoms with E-state index in [0.717, 1.165) is 16.2 Å². The van der Waals surface area contributed by atoms with Gasteiger partial charge in [-0.3, -0.25) is 4.79 Å². The molecule has 142 valence electrons. The van der Waals surface area contributed by atoms with Gasteiger partial charge in [0.05, 0.1) is 12.0 Å². The number of fused-ring (bicyclic) bond motifs is 1. The Morgan fingerprint density at radius 1 is 1.22 bits per heavy atom. The van der Waals surface area contributed by atoms with Crippen molar-refractivity contribution in [3.05, 3.63) is 48.5 Å². The third kappa shape index (κ3) is 3.79. The molecule has 0 aliphatic rings. The standard InChI is InChI=1S/C18H18N2O5S2/c1-5-24-18(23)13-9(3)12-15(21)19-14(20-16(12)27-13)10(4)25-17(22)11-7-6-8(2)26-11/h6-7,10H,5H2,1-4H3,(H,19,20,21)/t10-/m0/s1. The lowest BCUT2D eigenvalue weighted by Crippen LogP contribution is -2.17. The quantitative estimate of drug-likeness (QED) is 0.648. The lowest BCUT2D eigenvalue weighted by Gasteiger charge is -2.11. The first-order valence-electron chi connectivity index (χ1n) is 8.29. The van der Waals surface area contributed by atoms with Gasteiger partial charge in [-0.15, -0.1) is 22.7 Å². The highest BCUT2D eigenvalue weighted by Crippen LogP contribution is 2.29. The van der Waals surface area contributed by atoms with Crippen LogP contribution in [0.3, 0.4) is 0 Å². The van der Waals surface area contributed by atoms with Crippen LogP contribution in [0.25, 0.3) is 10.2 Å². The van der Waals surface area contributed by atoms with Crippen LogP contribution < -0.4 is 5.56 Å². The Kier molecular flexibility index (Phi) is 5.43. The fourth-order valence-electron chi connectivity index (χ4n) is 2.56. The van der Waals surface area contributed by atoms with Gasteiger partial charge in [0.1, 0.15) is 14.6 Å². The van der Waals surface area contributed by atoms with Crippen LogP contribution in [0.5, 0.6) is 0 Å². The highest BCUT2D eigenvalue weighted by molar-refractivity contribution is 7.20. The lowest BCUT2D eigenvalue weighted by molar-refractivity contribution is 0.0325. The molecule has 0 fully saturated rings. The highest BCUT2D eigenvalue weighted by atomic mass is 32.1. The maximum atomic E-state index is 12.5. The number of aromatic amines is 1. The minimum absolute atomic E-state index is 0.228. The number of aryl methyl sites for hydroxylation is 2. The van der Waals surface area contributed by atoms with Gasteiger partial charge in [-0.1, -0.05) is 0 Å². The summed E-state index contributed by atoms with van der Waals surface area (Å²) < 4.78 is 10.4. The van der Waals surface area contributed by atoms with Crippen LogP contribution in [0, 0.1) is 13.8 Å². The number of thiophene rings is 2. The monoisotopic (exact) mass is 406 g/mol. The number of aromatic nitrogens is 2. The summed E-state index contributed by atoms with van der Waals surface area (Å²) >= 11 is 2.43. The second kappa shape index (κ2) is 7.61. The number of H-pyrrole nitrogens is 1. The first-order valence-corrected chi connectivity index (χ1v) is 9.93. The summed E-state index contributed by atoms with van der Waals surface area (Å²) in [4.78, 5) is 46.1. The van der Waals surface area contributed by atoms with Crippen molar-refractivity contribution >= 4 is 44.8 Å². The number of carbonyl (C=O) groups excluding carboxylic acids is 2. The SMILES string of the molecule is CCOC(=O)c1sc2nc([C@H](C)OC(=O)c3ccc(C)s3)[nH]c(=O)c2c1C. The Hall–Kier alpha value is -2.52. The maximum Gasteiger partial charge on any atom is 0.349 e. The Morgan fingerprint density at radius 2 is 1.96 bits per heavy atom. The molecule has 3 aromatic rings. The fraction of sp³-hybridized carbons (Fsp3) is 0.333. The van der Waals surface area contributed by atoms with Crippen LogP contribution in [-0.4, -0.2) is 28.5 Å². The zero-order valence-corrected chi connectivity index (χ0v) is 16.9. The van der Waals surface area contributed by atoms with Gasteiger partial charge in [-0.25, -0.2) is 14.6 Å². The van der Waals surface area contributed by atoms with Crippen molar-refractivity contribution < 1.29 is 19.1 Å². The molecule has 27 heavy (non-hydrogen) atoms. The number of rotatable bonds is 5. The number of hydrogen-bond donors (Lipinski definition) is 1. The van der Waals surface area contributed by atoms with Crippen molar-refractivity contribution in [2.75, 3.05) is 6.61 Å². The van der Waals surface area contributed by atoms with Gasteiger partial charge in [0.15, 0.2) is 11.9 Å². The average Bonchev–Trinajstić information content (AvgIpc) is 3.19. The van der Waals surface area contributed by atoms with E-state index in [9.17, 15) is 14.4 Å². The van der Waals surface area contributed by atoms with E-state index in [2.05, 4.69) is 9.97 Å².